The van der Waals surface area contributed by atoms with Crippen LogP contribution in [0.2, 0.25) is 24.3 Å². The van der Waals surface area contributed by atoms with Gasteiger partial charge in [0, 0.05) is 147 Å². The van der Waals surface area contributed by atoms with Crippen LogP contribution in [-0.2, 0) is 28.7 Å². The Morgan fingerprint density at radius 1 is 0.565 bits per heavy atom. The van der Waals surface area contributed by atoms with Crippen molar-refractivity contribution in [2.45, 2.75) is 169 Å². The fourth-order valence-corrected chi connectivity index (χ4v) is 9.98. The number of ether oxygens (including phenoxy) is 2. The first-order valence-electron chi connectivity index (χ1n) is 23.8. The van der Waals surface area contributed by atoms with Crippen LogP contribution in [0.1, 0.15) is 139 Å². The van der Waals surface area contributed by atoms with E-state index in [0.29, 0.717) is 55.6 Å². The van der Waals surface area contributed by atoms with Crippen molar-refractivity contribution in [3.8, 4) is 0 Å². The third-order valence-corrected chi connectivity index (χ3v) is 15.0. The Balaban J connectivity index is 0.000000322. The molecule has 5 fully saturated rings. The van der Waals surface area contributed by atoms with Crippen molar-refractivity contribution in [1.82, 2.24) is 0 Å². The van der Waals surface area contributed by atoms with E-state index >= 15 is 0 Å². The van der Waals surface area contributed by atoms with Gasteiger partial charge in [-0.25, -0.2) is 0 Å². The van der Waals surface area contributed by atoms with Crippen LogP contribution in [-0.4, -0.2) is 184 Å². The topological polar surface area (TPSA) is 86.7 Å². The van der Waals surface area contributed by atoms with Gasteiger partial charge in [0.15, 0.2) is 5.79 Å². The molecule has 2 saturated carbocycles. The van der Waals surface area contributed by atoms with E-state index in [1.54, 1.807) is 6.92 Å². The molecule has 3 aliphatic heterocycles. The van der Waals surface area contributed by atoms with E-state index < -0.39 is 43.7 Å². The Morgan fingerprint density at radius 2 is 0.952 bits per heavy atom. The zero-order valence-corrected chi connectivity index (χ0v) is 39.8. The van der Waals surface area contributed by atoms with E-state index in [1.807, 2.05) is 13.8 Å². The fourth-order valence-electron chi connectivity index (χ4n) is 9.98. The van der Waals surface area contributed by atoms with E-state index in [2.05, 4.69) is 20.8 Å². The van der Waals surface area contributed by atoms with Crippen molar-refractivity contribution in [2.75, 3.05) is 13.2 Å². The van der Waals surface area contributed by atoms with Crippen molar-refractivity contribution < 1.29 is 28.7 Å². The molecule has 3 heterocycles. The summed E-state index contributed by atoms with van der Waals surface area (Å²) in [5.41, 5.74) is -1.04. The maximum absolute atomic E-state index is 12.4. The van der Waals surface area contributed by atoms with E-state index in [0.717, 1.165) is 76.7 Å². The molecule has 3 saturated heterocycles. The number of hydrogen-bond acceptors (Lipinski definition) is 6. The monoisotopic (exact) mass is 811 g/mol. The van der Waals surface area contributed by atoms with E-state index in [4.69, 9.17) is 86.8 Å². The average Bonchev–Trinajstić information content (AvgIpc) is 4.02. The predicted octanol–water partition coefficient (Wildman–Crippen LogP) is 1.42. The van der Waals surface area contributed by atoms with Crippen LogP contribution in [0.25, 0.3) is 0 Å². The zero-order valence-electron chi connectivity index (χ0n) is 39.8. The van der Waals surface area contributed by atoms with Crippen LogP contribution in [0.4, 0.5) is 0 Å². The lowest BCUT2D eigenvalue weighted by molar-refractivity contribution is -0.160. The van der Waals surface area contributed by atoms with Crippen molar-refractivity contribution in [1.29, 1.82) is 0 Å². The Bertz CT molecular complexity index is 1390. The van der Waals surface area contributed by atoms with Gasteiger partial charge in [-0.05, 0) is 77.6 Å². The van der Waals surface area contributed by atoms with Gasteiger partial charge in [0.2, 0.25) is 0 Å². The predicted molar refractivity (Wildman–Crippen MR) is 284 cm³/mol. The molecule has 0 N–H and O–H groups in total. The van der Waals surface area contributed by atoms with Gasteiger partial charge in [-0.15, -0.1) is 0 Å². The van der Waals surface area contributed by atoms with E-state index in [1.165, 1.54) is 26.7 Å². The SMILES string of the molecule is CCC(=O)CC.CCC1(CC)OCCO1.[B]B([B])B([B])B(B([B])[B])B1CC1CC(CC)(CC1CC1)C(C)=O.[B]B([B])B([B])B(B([B])[B])B1CC1CC(CC1CC1)(C(C)=O)C(C)=O. The molecule has 5 rings (SSSR count). The number of ketones is 4. The molecule has 20 radical (unpaired) electrons. The minimum atomic E-state index is -0.862. The molecule has 3 atom stereocenters. The smallest absolute Gasteiger partial charge is 0.167 e. The van der Waals surface area contributed by atoms with Crippen LogP contribution in [0.15, 0.2) is 0 Å². The van der Waals surface area contributed by atoms with E-state index in [-0.39, 0.29) is 48.0 Å². The van der Waals surface area contributed by atoms with E-state index in [9.17, 15) is 19.2 Å². The first-order chi connectivity index (χ1) is 28.9. The Labute approximate surface area is 396 Å². The molecule has 0 aromatic carbocycles. The lowest BCUT2D eigenvalue weighted by Gasteiger charge is -2.32. The molecule has 0 aromatic rings. The summed E-state index contributed by atoms with van der Waals surface area (Å²) >= 11 is 0. The van der Waals surface area contributed by atoms with Gasteiger partial charge in [0.1, 0.15) is 23.1 Å². The summed E-state index contributed by atoms with van der Waals surface area (Å²) in [6.07, 6.45) is 10.4. The lowest BCUT2D eigenvalue weighted by atomic mass is 8.57. The van der Waals surface area contributed by atoms with Crippen molar-refractivity contribution in [3.05, 3.63) is 0 Å². The van der Waals surface area contributed by atoms with Gasteiger partial charge in [0.25, 0.3) is 0 Å². The first kappa shape index (κ1) is 58.0. The second kappa shape index (κ2) is 26.4. The summed E-state index contributed by atoms with van der Waals surface area (Å²) in [5, 5.41) is 0. The van der Waals surface area contributed by atoms with Gasteiger partial charge in [-0.1, -0.05) is 84.6 Å². The number of carbonyl (C=O) groups excluding carboxylic acids is 4. The molecule has 5 aliphatic rings. The number of hydrogen-bond donors (Lipinski definition) is 0. The van der Waals surface area contributed by atoms with Gasteiger partial charge in [-0.3, -0.25) is 19.2 Å². The minimum Gasteiger partial charge on any atom is -0.348 e. The Morgan fingerprint density at radius 3 is 1.21 bits per heavy atom. The quantitative estimate of drug-likeness (QED) is 0.109. The maximum atomic E-state index is 12.4. The van der Waals surface area contributed by atoms with Gasteiger partial charge in [0.05, 0.1) is 31.8 Å². The van der Waals surface area contributed by atoms with Crippen LogP contribution in [0.3, 0.4) is 0 Å². The second-order valence-corrected chi connectivity index (χ2v) is 19.6. The summed E-state index contributed by atoms with van der Waals surface area (Å²) in [6.45, 7) is 16.9. The highest BCUT2D eigenvalue weighted by atomic mass is 16.7. The first-order valence-corrected chi connectivity index (χ1v) is 23.8. The molecule has 0 amide bonds. The Kier molecular flexibility index (Phi) is 24.7. The molecule has 2 aliphatic carbocycles. The molecule has 0 bridgehead atoms. The van der Waals surface area contributed by atoms with Crippen molar-refractivity contribution in [3.63, 3.8) is 0 Å². The molecule has 62 heavy (non-hydrogen) atoms. The third-order valence-electron chi connectivity index (χ3n) is 15.0. The lowest BCUT2D eigenvalue weighted by Crippen LogP contribution is -2.63. The Hall–Kier alpha value is -0.101. The summed E-state index contributed by atoms with van der Waals surface area (Å²) in [7, 11) is 58.9. The molecule has 26 heteroatoms. The highest BCUT2D eigenvalue weighted by molar-refractivity contribution is 8.01. The third kappa shape index (κ3) is 17.2. The van der Waals surface area contributed by atoms with Crippen LogP contribution >= 0.6 is 0 Å². The van der Waals surface area contributed by atoms with Gasteiger partial charge in [-0.2, -0.15) is 0 Å². The van der Waals surface area contributed by atoms with Crippen LogP contribution in [0.5, 0.6) is 0 Å². The van der Waals surface area contributed by atoms with Gasteiger partial charge >= 0.3 is 0 Å². The van der Waals surface area contributed by atoms with Crippen LogP contribution in [0, 0.1) is 22.7 Å². The van der Waals surface area contributed by atoms with Crippen LogP contribution < -0.4 is 0 Å². The normalized spacial score (nSPS) is 20.2. The molecule has 302 valence electrons. The largest absolute Gasteiger partial charge is 0.348 e. The van der Waals surface area contributed by atoms with Crippen molar-refractivity contribution >= 4 is 165 Å². The molecule has 0 aromatic heterocycles. The molecule has 6 nitrogen and oxygen atoms in total. The average molecular weight is 807 g/mol. The standard InChI is InChI=1S/C12H18B10O2.C12H20B10O.C7H14O2.C5H10O/c1-8(23)12(9(2)24,5-10-3-4-10)6-11-7-18(11)22(20(15)16)21(17)19(13)14;1-3-12(9(2)23,6-10-4-5-10)7-11-8-18(11)22(20(15)16)21(17)19(13)14;1-3-7(4-2)8-5-6-9-7;1-3-5(6)4-2/h10-11H,3-7H2,1-2H3;10-11H,3-8H2,1-2H3;3-6H2,1-2H3;3-4H2,1-2H3. The van der Waals surface area contributed by atoms with Gasteiger partial charge < -0.3 is 9.47 Å². The highest BCUT2D eigenvalue weighted by Gasteiger charge is 2.56. The zero-order chi connectivity index (χ0) is 47.3. The number of Topliss-reactive ketones (excluding diaryl/α,β-unsaturated/α-hetero) is 4. The number of rotatable bonds is 24. The molecular formula is C36H62B20O6. The summed E-state index contributed by atoms with van der Waals surface area (Å²) < 4.78 is 10.8. The number of carbonyl (C=O) groups is 4. The molecule has 3 unspecified atom stereocenters. The minimum absolute atomic E-state index is 0.0269. The summed E-state index contributed by atoms with van der Waals surface area (Å²) in [6, 6.07) is 0. The fraction of sp³-hybridized carbons (Fsp3) is 0.889. The second-order valence-electron chi connectivity index (χ2n) is 19.6. The summed E-state index contributed by atoms with van der Waals surface area (Å²) in [5.74, 6) is 2.32. The van der Waals surface area contributed by atoms with Crippen molar-refractivity contribution in [2.24, 2.45) is 22.7 Å². The molecular weight excluding hydrogens is 745 g/mol. The maximum Gasteiger partial charge on any atom is 0.167 e. The summed E-state index contributed by atoms with van der Waals surface area (Å²) in [4.78, 5) is 47.2. The molecule has 0 spiro atoms. The highest BCUT2D eigenvalue weighted by Crippen LogP contribution is 2.54.